The highest BCUT2D eigenvalue weighted by molar-refractivity contribution is 5.71. The van der Waals surface area contributed by atoms with Crippen LogP contribution < -0.4 is 0 Å². The monoisotopic (exact) mass is 981 g/mol. The summed E-state index contributed by atoms with van der Waals surface area (Å²) in [6.45, 7) is 6.64. The van der Waals surface area contributed by atoms with Gasteiger partial charge < -0.3 is 14.2 Å². The van der Waals surface area contributed by atoms with E-state index in [1.54, 1.807) is 0 Å². The molecule has 0 rings (SSSR count). The van der Waals surface area contributed by atoms with Crippen molar-refractivity contribution in [2.75, 3.05) is 13.2 Å². The second kappa shape index (κ2) is 58.9. The van der Waals surface area contributed by atoms with Gasteiger partial charge in [0.2, 0.25) is 0 Å². The fourth-order valence-corrected chi connectivity index (χ4v) is 8.92. The Bertz CT molecular complexity index is 1220. The van der Waals surface area contributed by atoms with Crippen molar-refractivity contribution in [1.82, 2.24) is 0 Å². The molecule has 0 bridgehead atoms. The van der Waals surface area contributed by atoms with E-state index < -0.39 is 6.10 Å². The number of carbonyl (C=O) groups is 3. The van der Waals surface area contributed by atoms with Crippen LogP contribution in [0.1, 0.15) is 323 Å². The summed E-state index contributed by atoms with van der Waals surface area (Å²) >= 11 is 0. The smallest absolute Gasteiger partial charge is 0.306 e. The number of unbranched alkanes of at least 4 members (excludes halogenated alkanes) is 37. The Balaban J connectivity index is 4.37. The molecule has 0 aliphatic rings. The lowest BCUT2D eigenvalue weighted by Crippen LogP contribution is -2.30. The average molecular weight is 982 g/mol. The maximum Gasteiger partial charge on any atom is 0.306 e. The molecule has 0 amide bonds. The van der Waals surface area contributed by atoms with Crippen LogP contribution in [0.2, 0.25) is 0 Å². The molecule has 408 valence electrons. The zero-order valence-corrected chi connectivity index (χ0v) is 46.8. The number of carbonyl (C=O) groups excluding carboxylic acids is 3. The van der Waals surface area contributed by atoms with Gasteiger partial charge in [-0.3, -0.25) is 14.4 Å². The van der Waals surface area contributed by atoms with Crippen LogP contribution in [0.5, 0.6) is 0 Å². The molecule has 0 saturated heterocycles. The third-order valence-electron chi connectivity index (χ3n) is 13.6. The van der Waals surface area contributed by atoms with Crippen molar-refractivity contribution < 1.29 is 28.6 Å². The fraction of sp³-hybridized carbons (Fsp3) is 0.828. The molecule has 0 N–H and O–H groups in total. The van der Waals surface area contributed by atoms with Crippen LogP contribution in [0, 0.1) is 0 Å². The van der Waals surface area contributed by atoms with Crippen LogP contribution in [-0.2, 0) is 28.6 Å². The summed E-state index contributed by atoms with van der Waals surface area (Å²) in [6.07, 6.45) is 72.4. The second-order valence-corrected chi connectivity index (χ2v) is 20.6. The molecule has 0 fully saturated rings. The molecule has 0 radical (unpaired) electrons. The minimum Gasteiger partial charge on any atom is -0.462 e. The van der Waals surface area contributed by atoms with Gasteiger partial charge in [-0.15, -0.1) is 0 Å². The van der Waals surface area contributed by atoms with Gasteiger partial charge in [-0.2, -0.15) is 0 Å². The molecule has 0 unspecified atom stereocenters. The van der Waals surface area contributed by atoms with E-state index in [0.717, 1.165) is 83.5 Å². The summed E-state index contributed by atoms with van der Waals surface area (Å²) in [4.78, 5) is 38.2. The Morgan fingerprint density at radius 3 is 0.843 bits per heavy atom. The molecule has 0 saturated carbocycles. The van der Waals surface area contributed by atoms with Crippen LogP contribution in [0.15, 0.2) is 48.6 Å². The van der Waals surface area contributed by atoms with Crippen molar-refractivity contribution in [1.29, 1.82) is 0 Å². The van der Waals surface area contributed by atoms with E-state index in [1.807, 2.05) is 0 Å². The van der Waals surface area contributed by atoms with Crippen molar-refractivity contribution >= 4 is 17.9 Å². The van der Waals surface area contributed by atoms with Crippen molar-refractivity contribution in [3.8, 4) is 0 Å². The number of esters is 3. The number of ether oxygens (including phenoxy) is 3. The van der Waals surface area contributed by atoms with Crippen LogP contribution in [0.4, 0.5) is 0 Å². The molecule has 6 nitrogen and oxygen atoms in total. The first kappa shape index (κ1) is 67.4. The molecule has 0 heterocycles. The average Bonchev–Trinajstić information content (AvgIpc) is 3.36. The van der Waals surface area contributed by atoms with Crippen molar-refractivity contribution in [2.24, 2.45) is 0 Å². The molecular formula is C64H116O6. The maximum absolute atomic E-state index is 12.9. The van der Waals surface area contributed by atoms with Gasteiger partial charge >= 0.3 is 17.9 Å². The molecule has 0 aliphatic heterocycles. The van der Waals surface area contributed by atoms with Gasteiger partial charge in [0, 0.05) is 19.3 Å². The second-order valence-electron chi connectivity index (χ2n) is 20.6. The Hall–Kier alpha value is -2.63. The summed E-state index contributed by atoms with van der Waals surface area (Å²) in [5.74, 6) is -0.880. The number of hydrogen-bond donors (Lipinski definition) is 0. The van der Waals surface area contributed by atoms with Crippen molar-refractivity contribution in [3.63, 3.8) is 0 Å². The first-order valence-electron chi connectivity index (χ1n) is 30.6. The van der Waals surface area contributed by atoms with E-state index >= 15 is 0 Å². The third kappa shape index (κ3) is 56.3. The van der Waals surface area contributed by atoms with Crippen molar-refractivity contribution in [3.05, 3.63) is 48.6 Å². The standard InChI is InChI=1S/C64H116O6/c1-4-7-10-13-16-19-22-25-28-30-32-34-36-39-42-45-48-51-54-57-63(66)69-60-61(59-68-62(65)56-53-50-47-44-41-38-35-27-24-21-18-15-12-9-6-3)70-64(67)58-55-52-49-46-43-40-37-33-31-29-26-23-20-17-14-11-8-5-2/h16,19,25,27-28,32,34-35,61H,4-15,17-18,20-24,26,29-31,33,36-60H2,1-3H3/b19-16-,28-25-,34-32-,35-27-/t61-/m1/s1. The SMILES string of the molecule is CCCCC/C=C\C/C=C\C/C=C\CCCCCCCCC(=O)OC[C@@H](COC(=O)CCCCCCC/C=C\CCCCCCCC)OC(=O)CCCCCCCCCCCCCCCCCCCC. The predicted molar refractivity (Wildman–Crippen MR) is 302 cm³/mol. The molecule has 6 heteroatoms. The minimum absolute atomic E-state index is 0.0786. The first-order chi connectivity index (χ1) is 34.5. The highest BCUT2D eigenvalue weighted by Crippen LogP contribution is 2.17. The zero-order chi connectivity index (χ0) is 50.7. The van der Waals surface area contributed by atoms with E-state index in [9.17, 15) is 14.4 Å². The fourth-order valence-electron chi connectivity index (χ4n) is 8.92. The van der Waals surface area contributed by atoms with Gasteiger partial charge in [0.25, 0.3) is 0 Å². The maximum atomic E-state index is 12.9. The largest absolute Gasteiger partial charge is 0.462 e. The van der Waals surface area contributed by atoms with Crippen LogP contribution in [0.25, 0.3) is 0 Å². The Morgan fingerprint density at radius 2 is 0.514 bits per heavy atom. The molecule has 1 atom stereocenters. The summed E-state index contributed by atoms with van der Waals surface area (Å²) in [6, 6.07) is 0. The predicted octanol–water partition coefficient (Wildman–Crippen LogP) is 20.6. The molecule has 0 aliphatic carbocycles. The summed E-state index contributed by atoms with van der Waals surface area (Å²) in [7, 11) is 0. The van der Waals surface area contributed by atoms with Crippen LogP contribution >= 0.6 is 0 Å². The topological polar surface area (TPSA) is 78.9 Å². The van der Waals surface area contributed by atoms with Crippen LogP contribution in [-0.4, -0.2) is 37.2 Å². The molecule has 0 aromatic heterocycles. The van der Waals surface area contributed by atoms with E-state index in [1.165, 1.54) is 199 Å². The van der Waals surface area contributed by atoms with Gasteiger partial charge in [0.1, 0.15) is 13.2 Å². The van der Waals surface area contributed by atoms with Crippen molar-refractivity contribution in [2.45, 2.75) is 329 Å². The minimum atomic E-state index is -0.780. The van der Waals surface area contributed by atoms with Gasteiger partial charge in [0.05, 0.1) is 0 Å². The van der Waals surface area contributed by atoms with E-state index in [-0.39, 0.29) is 31.1 Å². The third-order valence-corrected chi connectivity index (χ3v) is 13.6. The molecule has 0 spiro atoms. The lowest BCUT2D eigenvalue weighted by atomic mass is 10.0. The molecule has 0 aromatic rings. The van der Waals surface area contributed by atoms with Gasteiger partial charge in [-0.1, -0.05) is 268 Å². The molecular weight excluding hydrogens is 865 g/mol. The van der Waals surface area contributed by atoms with Gasteiger partial charge in [-0.05, 0) is 83.5 Å². The lowest BCUT2D eigenvalue weighted by Gasteiger charge is -2.18. The highest BCUT2D eigenvalue weighted by Gasteiger charge is 2.19. The van der Waals surface area contributed by atoms with Crippen LogP contribution in [0.3, 0.4) is 0 Å². The highest BCUT2D eigenvalue weighted by atomic mass is 16.6. The molecule has 70 heavy (non-hydrogen) atoms. The summed E-state index contributed by atoms with van der Waals surface area (Å²) in [5, 5.41) is 0. The zero-order valence-electron chi connectivity index (χ0n) is 46.8. The Kier molecular flexibility index (Phi) is 56.7. The Morgan fingerprint density at radius 1 is 0.286 bits per heavy atom. The number of hydrogen-bond acceptors (Lipinski definition) is 6. The Labute approximate surface area is 435 Å². The van der Waals surface area contributed by atoms with E-state index in [4.69, 9.17) is 14.2 Å². The lowest BCUT2D eigenvalue weighted by molar-refractivity contribution is -0.167. The van der Waals surface area contributed by atoms with Gasteiger partial charge in [-0.25, -0.2) is 0 Å². The number of allylic oxidation sites excluding steroid dienone is 8. The number of rotatable bonds is 56. The van der Waals surface area contributed by atoms with Gasteiger partial charge in [0.15, 0.2) is 6.10 Å². The summed E-state index contributed by atoms with van der Waals surface area (Å²) in [5.41, 5.74) is 0. The normalized spacial score (nSPS) is 12.3. The van der Waals surface area contributed by atoms with E-state index in [2.05, 4.69) is 69.4 Å². The summed E-state index contributed by atoms with van der Waals surface area (Å²) < 4.78 is 16.9. The van der Waals surface area contributed by atoms with E-state index in [0.29, 0.717) is 19.3 Å². The molecule has 0 aromatic carbocycles. The quantitative estimate of drug-likeness (QED) is 0.0261. The first-order valence-corrected chi connectivity index (χ1v) is 30.6.